The second-order valence-corrected chi connectivity index (χ2v) is 7.50. The summed E-state index contributed by atoms with van der Waals surface area (Å²) in [7, 11) is 4.19. The molecule has 0 unspecified atom stereocenters. The van der Waals surface area contributed by atoms with Crippen LogP contribution in [0.15, 0.2) is 24.4 Å². The predicted molar refractivity (Wildman–Crippen MR) is 111 cm³/mol. The second kappa shape index (κ2) is 8.11. The van der Waals surface area contributed by atoms with E-state index in [2.05, 4.69) is 48.9 Å². The van der Waals surface area contributed by atoms with Crippen LogP contribution in [0.5, 0.6) is 0 Å². The molecule has 2 aromatic rings. The molecule has 2 N–H and O–H groups in total. The van der Waals surface area contributed by atoms with E-state index in [1.165, 1.54) is 16.8 Å². The van der Waals surface area contributed by atoms with E-state index in [9.17, 15) is 9.90 Å². The normalized spacial score (nSPS) is 14.9. The van der Waals surface area contributed by atoms with Crippen molar-refractivity contribution in [2.24, 2.45) is 0 Å². The first-order valence-electron chi connectivity index (χ1n) is 9.50. The Bertz CT molecular complexity index is 878. The van der Waals surface area contributed by atoms with Crippen LogP contribution in [0.4, 0.5) is 5.69 Å². The quantitative estimate of drug-likeness (QED) is 0.740. The summed E-state index contributed by atoms with van der Waals surface area (Å²) in [5, 5.41) is 12.3. The van der Waals surface area contributed by atoms with Crippen LogP contribution in [0.3, 0.4) is 0 Å². The Morgan fingerprint density at radius 2 is 2.00 bits per heavy atom. The Labute approximate surface area is 161 Å². The average Bonchev–Trinajstić information content (AvgIpc) is 3.07. The number of hydrogen-bond donors (Lipinski definition) is 2. The number of nitrogens with zero attached hydrogens (tertiary/aromatic N) is 2. The van der Waals surface area contributed by atoms with Crippen molar-refractivity contribution < 1.29 is 9.90 Å². The van der Waals surface area contributed by atoms with Crippen LogP contribution < -0.4 is 5.32 Å². The van der Waals surface area contributed by atoms with Crippen molar-refractivity contribution in [1.29, 1.82) is 0 Å². The summed E-state index contributed by atoms with van der Waals surface area (Å²) in [5.41, 5.74) is 7.18. The lowest BCUT2D eigenvalue weighted by Crippen LogP contribution is -2.13. The molecule has 5 nitrogen and oxygen atoms in total. The van der Waals surface area contributed by atoms with Gasteiger partial charge in [0.2, 0.25) is 0 Å². The van der Waals surface area contributed by atoms with Crippen molar-refractivity contribution in [3.63, 3.8) is 0 Å². The van der Waals surface area contributed by atoms with Crippen molar-refractivity contribution >= 4 is 23.4 Å². The smallest absolute Gasteiger partial charge is 0.257 e. The summed E-state index contributed by atoms with van der Waals surface area (Å²) in [6, 6.07) is 5.81. The second-order valence-electron chi connectivity index (χ2n) is 7.50. The first-order chi connectivity index (χ1) is 12.9. The van der Waals surface area contributed by atoms with Gasteiger partial charge in [-0.3, -0.25) is 4.79 Å². The Balaban J connectivity index is 1.96. The van der Waals surface area contributed by atoms with Gasteiger partial charge in [0, 0.05) is 35.9 Å². The van der Waals surface area contributed by atoms with Gasteiger partial charge in [-0.25, -0.2) is 0 Å². The topological polar surface area (TPSA) is 57.5 Å². The first-order valence-corrected chi connectivity index (χ1v) is 9.50. The summed E-state index contributed by atoms with van der Waals surface area (Å²) < 4.78 is 2.07. The largest absolute Gasteiger partial charge is 0.396 e. The number of fused-ring (bicyclic) bond motifs is 1. The number of benzene rings is 1. The molecule has 1 aromatic carbocycles. The molecule has 0 radical (unpaired) electrons. The number of amides is 1. The van der Waals surface area contributed by atoms with E-state index < -0.39 is 0 Å². The summed E-state index contributed by atoms with van der Waals surface area (Å²) in [6.45, 7) is 5.37. The molecule has 1 aliphatic heterocycles. The predicted octanol–water partition coefficient (Wildman–Crippen LogP) is 3.08. The molecule has 0 saturated heterocycles. The van der Waals surface area contributed by atoms with Crippen molar-refractivity contribution in [2.45, 2.75) is 33.1 Å². The van der Waals surface area contributed by atoms with Crippen LogP contribution in [0, 0.1) is 13.8 Å². The molecule has 0 bridgehead atoms. The number of aromatic nitrogens is 1. The highest BCUT2D eigenvalue weighted by Crippen LogP contribution is 2.35. The fourth-order valence-electron chi connectivity index (χ4n) is 3.83. The highest BCUT2D eigenvalue weighted by Gasteiger charge is 2.27. The third-order valence-electron chi connectivity index (χ3n) is 5.23. The maximum atomic E-state index is 12.6. The third-order valence-corrected chi connectivity index (χ3v) is 5.23. The van der Waals surface area contributed by atoms with Crippen LogP contribution in [0.2, 0.25) is 0 Å². The fraction of sp³-hybridized carbons (Fsp3) is 0.409. The van der Waals surface area contributed by atoms with Crippen LogP contribution in [-0.2, 0) is 17.6 Å². The Kier molecular flexibility index (Phi) is 5.82. The van der Waals surface area contributed by atoms with E-state index in [0.717, 1.165) is 36.2 Å². The monoisotopic (exact) mass is 367 g/mol. The molecular weight excluding hydrogens is 338 g/mol. The van der Waals surface area contributed by atoms with E-state index in [-0.39, 0.29) is 12.5 Å². The van der Waals surface area contributed by atoms with Gasteiger partial charge in [-0.05, 0) is 76.5 Å². The van der Waals surface area contributed by atoms with Gasteiger partial charge in [0.1, 0.15) is 0 Å². The SMILES string of the molecule is Cc1cn(C=C2C(=O)Nc3cccc(CCO)c32)c(C)c1CCCN(C)C. The summed E-state index contributed by atoms with van der Waals surface area (Å²) in [5.74, 6) is -0.0877. The number of carbonyl (C=O) groups is 1. The van der Waals surface area contributed by atoms with Crippen LogP contribution in [0.1, 0.15) is 34.4 Å². The zero-order valence-electron chi connectivity index (χ0n) is 16.7. The van der Waals surface area contributed by atoms with Crippen molar-refractivity contribution in [2.75, 3.05) is 32.6 Å². The van der Waals surface area contributed by atoms with Gasteiger partial charge >= 0.3 is 0 Å². The van der Waals surface area contributed by atoms with E-state index in [1.807, 2.05) is 24.4 Å². The molecule has 144 valence electrons. The van der Waals surface area contributed by atoms with E-state index in [4.69, 9.17) is 0 Å². The number of carbonyl (C=O) groups excluding carboxylic acids is 1. The van der Waals surface area contributed by atoms with Crippen LogP contribution in [-0.4, -0.2) is 47.7 Å². The lowest BCUT2D eigenvalue weighted by Gasteiger charge is -2.10. The molecule has 5 heteroatoms. The maximum Gasteiger partial charge on any atom is 0.257 e. The van der Waals surface area contributed by atoms with Gasteiger partial charge in [-0.2, -0.15) is 0 Å². The van der Waals surface area contributed by atoms with E-state index in [0.29, 0.717) is 12.0 Å². The lowest BCUT2D eigenvalue weighted by molar-refractivity contribution is -0.110. The molecule has 0 fully saturated rings. The number of nitrogens with one attached hydrogen (secondary N) is 1. The Hall–Kier alpha value is -2.37. The van der Waals surface area contributed by atoms with Gasteiger partial charge in [-0.15, -0.1) is 0 Å². The molecule has 0 aliphatic carbocycles. The third kappa shape index (κ3) is 3.99. The van der Waals surface area contributed by atoms with E-state index in [1.54, 1.807) is 0 Å². The Morgan fingerprint density at radius 1 is 1.22 bits per heavy atom. The summed E-state index contributed by atoms with van der Waals surface area (Å²) in [4.78, 5) is 14.8. The molecule has 0 atom stereocenters. The standard InChI is InChI=1S/C22H29N3O2/c1-15-13-25(16(2)18(15)8-6-11-24(3)4)14-19-21-17(10-12-26)7-5-9-20(21)23-22(19)27/h5,7,9,13-14,26H,6,8,10-12H2,1-4H3,(H,23,27). The highest BCUT2D eigenvalue weighted by atomic mass is 16.3. The molecule has 3 rings (SSSR count). The van der Waals surface area contributed by atoms with Gasteiger partial charge in [0.05, 0.1) is 5.57 Å². The number of anilines is 1. The maximum absolute atomic E-state index is 12.6. The molecule has 1 aliphatic rings. The lowest BCUT2D eigenvalue weighted by atomic mass is 9.99. The summed E-state index contributed by atoms with van der Waals surface area (Å²) >= 11 is 0. The number of hydrogen-bond acceptors (Lipinski definition) is 3. The first kappa shape index (κ1) is 19.4. The van der Waals surface area contributed by atoms with Gasteiger partial charge in [0.25, 0.3) is 5.91 Å². The van der Waals surface area contributed by atoms with Crippen LogP contribution >= 0.6 is 0 Å². The Morgan fingerprint density at radius 3 is 2.70 bits per heavy atom. The number of rotatable bonds is 7. The zero-order valence-corrected chi connectivity index (χ0v) is 16.7. The molecule has 27 heavy (non-hydrogen) atoms. The number of aliphatic hydroxyl groups is 1. The van der Waals surface area contributed by atoms with Gasteiger partial charge in [-0.1, -0.05) is 12.1 Å². The number of aliphatic hydroxyl groups excluding tert-OH is 1. The minimum Gasteiger partial charge on any atom is -0.396 e. The van der Waals surface area contributed by atoms with Gasteiger partial charge in [0.15, 0.2) is 0 Å². The molecule has 0 saturated carbocycles. The van der Waals surface area contributed by atoms with Gasteiger partial charge < -0.3 is 19.9 Å². The van der Waals surface area contributed by atoms with E-state index >= 15 is 0 Å². The van der Waals surface area contributed by atoms with Crippen molar-refractivity contribution in [3.8, 4) is 0 Å². The number of aryl methyl sites for hydroxylation is 1. The fourth-order valence-corrected chi connectivity index (χ4v) is 3.83. The minimum atomic E-state index is -0.0877. The molecule has 1 aromatic heterocycles. The van der Waals surface area contributed by atoms with Crippen LogP contribution in [0.25, 0.3) is 11.8 Å². The highest BCUT2D eigenvalue weighted by molar-refractivity contribution is 6.34. The summed E-state index contributed by atoms with van der Waals surface area (Å²) in [6.07, 6.45) is 6.71. The molecular formula is C22H29N3O2. The van der Waals surface area contributed by atoms with Crippen molar-refractivity contribution in [3.05, 3.63) is 52.3 Å². The molecule has 1 amide bonds. The molecule has 2 heterocycles. The minimum absolute atomic E-state index is 0.0651. The zero-order chi connectivity index (χ0) is 19.6. The molecule has 0 spiro atoms. The average molecular weight is 367 g/mol. The van der Waals surface area contributed by atoms with Crippen molar-refractivity contribution in [1.82, 2.24) is 9.47 Å².